The van der Waals surface area contributed by atoms with Crippen LogP contribution in [0.5, 0.6) is 5.75 Å². The molecule has 544 valence electrons. The van der Waals surface area contributed by atoms with Crippen LogP contribution in [0.1, 0.15) is 220 Å². The number of hydrogen-bond donors (Lipinski definition) is 0. The third kappa shape index (κ3) is 17.1. The SMILES string of the molecule is CC1C(C)C2CC1C1C3CC(C(=O)OC(C)(C)C4C[Si](C)(C)C4)C(C3)C21.CCC(C)(C)C(=O)OC(C)(C)C1CC[Si](C)(C)CC1.CCC(C)(C)c1ccc(OC(C)(C)C2CCC[Si](C)(C)C2)cc1.CCC(CC)(OC(=O)C1CC2CC1C(C)C2C)C1[Si](C)(C)CCC[Si]1(C)C. The van der Waals surface area contributed by atoms with Crippen molar-refractivity contribution in [3.63, 3.8) is 0 Å². The van der Waals surface area contributed by atoms with Crippen LogP contribution in [0.2, 0.25) is 119 Å². The predicted octanol–water partition coefficient (Wildman–Crippen LogP) is 23.7. The van der Waals surface area contributed by atoms with E-state index in [1.54, 1.807) is 0 Å². The molecule has 4 saturated heterocycles. The van der Waals surface area contributed by atoms with E-state index in [-0.39, 0.29) is 63.0 Å². The smallest absolute Gasteiger partial charge is 0.312 e. The number of hydrogen-bond acceptors (Lipinski definition) is 7. The largest absolute Gasteiger partial charge is 0.488 e. The lowest BCUT2D eigenvalue weighted by Gasteiger charge is -2.56. The molecular weight excluding hydrogens is 1250 g/mol. The zero-order chi connectivity index (χ0) is 71.0. The number of esters is 3. The Labute approximate surface area is 590 Å². The number of rotatable bonds is 17. The summed E-state index contributed by atoms with van der Waals surface area (Å²) in [4.78, 5) is 38.9. The van der Waals surface area contributed by atoms with Crippen molar-refractivity contribution in [3.8, 4) is 5.75 Å². The van der Waals surface area contributed by atoms with Gasteiger partial charge in [0, 0.05) is 24.2 Å². The van der Waals surface area contributed by atoms with E-state index in [9.17, 15) is 14.4 Å². The lowest BCUT2D eigenvalue weighted by Crippen LogP contribution is -2.62. The van der Waals surface area contributed by atoms with Gasteiger partial charge < -0.3 is 18.9 Å². The molecule has 6 aliphatic carbocycles. The van der Waals surface area contributed by atoms with E-state index in [2.05, 4.69) is 194 Å². The molecule has 7 nitrogen and oxygen atoms in total. The van der Waals surface area contributed by atoms with E-state index in [1.165, 1.54) is 105 Å². The van der Waals surface area contributed by atoms with Crippen LogP contribution in [-0.4, -0.2) is 80.7 Å². The Hall–Kier alpha value is -1.49. The van der Waals surface area contributed by atoms with Crippen LogP contribution in [0.3, 0.4) is 0 Å². The van der Waals surface area contributed by atoms with Crippen LogP contribution < -0.4 is 4.74 Å². The van der Waals surface area contributed by atoms with Crippen LogP contribution in [0.4, 0.5) is 0 Å². The summed E-state index contributed by atoms with van der Waals surface area (Å²) < 4.78 is 25.3. The lowest BCUT2D eigenvalue weighted by molar-refractivity contribution is -0.173. The molecule has 15 atom stereocenters. The van der Waals surface area contributed by atoms with Gasteiger partial charge in [-0.15, -0.1) is 0 Å². The van der Waals surface area contributed by atoms with Crippen LogP contribution >= 0.6 is 0 Å². The van der Waals surface area contributed by atoms with Crippen molar-refractivity contribution in [2.75, 3.05) is 0 Å². The number of fused-ring (bicyclic) bond motifs is 11. The van der Waals surface area contributed by atoms with E-state index >= 15 is 0 Å². The van der Waals surface area contributed by atoms with E-state index in [0.717, 1.165) is 97.5 Å². The van der Waals surface area contributed by atoms with Gasteiger partial charge in [0.2, 0.25) is 0 Å². The van der Waals surface area contributed by atoms with Crippen molar-refractivity contribution < 1.29 is 33.3 Å². The van der Waals surface area contributed by atoms with Gasteiger partial charge in [0.1, 0.15) is 28.2 Å². The van der Waals surface area contributed by atoms with Crippen LogP contribution in [0.15, 0.2) is 24.3 Å². The van der Waals surface area contributed by atoms with E-state index in [4.69, 9.17) is 18.9 Å². The van der Waals surface area contributed by atoms with Gasteiger partial charge >= 0.3 is 17.9 Å². The third-order valence-corrected chi connectivity index (χ3v) is 52.7. The fraction of sp³-hybridized carbons (Fsp3) is 0.892. The van der Waals surface area contributed by atoms with E-state index in [0.29, 0.717) is 40.7 Å². The maximum atomic E-state index is 13.5. The molecule has 0 radical (unpaired) electrons. The minimum absolute atomic E-state index is 0.0397. The van der Waals surface area contributed by atoms with Crippen LogP contribution in [0, 0.1) is 106 Å². The molecule has 0 aromatic heterocycles. The molecule has 6 bridgehead atoms. The first-order chi connectivity index (χ1) is 43.6. The Morgan fingerprint density at radius 2 is 0.937 bits per heavy atom. The third-order valence-electron chi connectivity index (χ3n) is 30.7. The fourth-order valence-electron chi connectivity index (χ4n) is 23.4. The van der Waals surface area contributed by atoms with E-state index in [1.807, 2.05) is 20.8 Å². The normalized spacial score (nSPS) is 34.5. The first-order valence-corrected chi connectivity index (χ1v) is 56.9. The zero-order valence-electron chi connectivity index (χ0n) is 67.1. The number of carbonyl (C=O) groups is 3. The predicted molar refractivity (Wildman–Crippen MR) is 416 cm³/mol. The van der Waals surface area contributed by atoms with Gasteiger partial charge in [-0.1, -0.05) is 208 Å². The highest BCUT2D eigenvalue weighted by atomic mass is 28.4. The average Bonchev–Trinajstić information content (AvgIpc) is 1.55. The molecule has 6 saturated carbocycles. The van der Waals surface area contributed by atoms with Crippen molar-refractivity contribution in [1.29, 1.82) is 0 Å². The highest BCUT2D eigenvalue weighted by Gasteiger charge is 2.67. The average molecular weight is 1400 g/mol. The number of ether oxygens (including phenoxy) is 4. The maximum Gasteiger partial charge on any atom is 0.312 e. The minimum Gasteiger partial charge on any atom is -0.488 e. The summed E-state index contributed by atoms with van der Waals surface area (Å²) in [6, 6.07) is 19.9. The first-order valence-electron chi connectivity index (χ1n) is 40.1. The van der Waals surface area contributed by atoms with Crippen molar-refractivity contribution in [1.82, 2.24) is 0 Å². The molecule has 0 spiro atoms. The highest BCUT2D eigenvalue weighted by molar-refractivity contribution is 6.98. The Morgan fingerprint density at radius 1 is 0.442 bits per heavy atom. The van der Waals surface area contributed by atoms with Gasteiger partial charge in [-0.25, -0.2) is 0 Å². The maximum absolute atomic E-state index is 13.5. The second-order valence-corrected chi connectivity index (χ2v) is 67.9. The summed E-state index contributed by atoms with van der Waals surface area (Å²) in [7, 11) is -5.68. The Balaban J connectivity index is 0.000000164. The van der Waals surface area contributed by atoms with Gasteiger partial charge in [-0.2, -0.15) is 0 Å². The Kier molecular flexibility index (Phi) is 24.2. The summed E-state index contributed by atoms with van der Waals surface area (Å²) >= 11 is 0. The Morgan fingerprint density at radius 3 is 1.44 bits per heavy atom. The quantitative estimate of drug-likeness (QED) is 0.0664. The van der Waals surface area contributed by atoms with Gasteiger partial charge in [-0.3, -0.25) is 14.4 Å². The lowest BCUT2D eigenvalue weighted by atomic mass is 9.62. The molecule has 10 aliphatic rings. The van der Waals surface area contributed by atoms with Crippen molar-refractivity contribution in [2.24, 2.45) is 106 Å². The molecule has 11 rings (SSSR count). The summed E-state index contributed by atoms with van der Waals surface area (Å²) in [6.07, 6.45) is 16.8. The molecule has 1 aromatic rings. The minimum atomic E-state index is -1.40. The van der Waals surface area contributed by atoms with E-state index < -0.39 is 40.4 Å². The summed E-state index contributed by atoms with van der Waals surface area (Å²) in [5, 5.41) is 0.695. The zero-order valence-corrected chi connectivity index (χ0v) is 72.1. The Bertz CT molecular complexity index is 2740. The van der Waals surface area contributed by atoms with Crippen LogP contribution in [0.25, 0.3) is 0 Å². The fourth-order valence-corrected chi connectivity index (χ4v) is 49.0. The number of benzene rings is 1. The summed E-state index contributed by atoms with van der Waals surface area (Å²) in [6.45, 7) is 65.6. The molecule has 1 aromatic carbocycles. The summed E-state index contributed by atoms with van der Waals surface area (Å²) in [5.74, 6) is 13.3. The molecule has 10 fully saturated rings. The van der Waals surface area contributed by atoms with Crippen molar-refractivity contribution in [2.45, 2.75) is 361 Å². The molecule has 4 aliphatic heterocycles. The molecule has 15 unspecified atom stereocenters. The molecule has 0 N–H and O–H groups in total. The summed E-state index contributed by atoms with van der Waals surface area (Å²) in [5.41, 5.74) is 0.460. The standard InChI is InChI=1S/C23H44O2Si2.C23H38O2Si.C21H36OSi.C16H32O2Si/c1-9-23(10-2,22-26(5,6)12-11-13-27(22,7)8)25-21(24)20-15-18-14-19(20)17(4)16(18)3;1-12-13(2)17-9-16(12)20-14-7-18(21(17)20)19(8-14)22(24)25-23(3,4)15-10-26(5,6)11-15;1-8-20(2,3)17-11-13-19(14-12-17)22-21(4,5)18-10-9-15-23(6,7)16-18;1-8-15(2,3)14(17)18-16(4,5)13-9-11-19(6,7)12-10-13/h16-20,22H,9-15H2,1-8H3;12-21H,7-11H2,1-6H3;11-14,18H,8-10,15-16H2,1-7H3;13H,8-12H2,1-7H3. The molecule has 95 heavy (non-hydrogen) atoms. The van der Waals surface area contributed by atoms with Gasteiger partial charge in [-0.05, 0) is 249 Å². The van der Waals surface area contributed by atoms with Crippen LogP contribution in [-0.2, 0) is 34.0 Å². The second-order valence-electron chi connectivity index (χ2n) is 41.5. The molecule has 0 amide bonds. The number of carbonyl (C=O) groups excluding carboxylic acids is 3. The van der Waals surface area contributed by atoms with Crippen molar-refractivity contribution in [3.05, 3.63) is 29.8 Å². The topological polar surface area (TPSA) is 88.1 Å². The highest BCUT2D eigenvalue weighted by Crippen LogP contribution is 2.72. The van der Waals surface area contributed by atoms with Crippen molar-refractivity contribution >= 4 is 58.3 Å². The van der Waals surface area contributed by atoms with Gasteiger partial charge in [0.15, 0.2) is 0 Å². The molecule has 4 heterocycles. The molecule has 12 heteroatoms. The van der Waals surface area contributed by atoms with Gasteiger partial charge in [0.25, 0.3) is 0 Å². The monoisotopic (exact) mass is 1400 g/mol. The molecular formula is C83H150O7Si5. The van der Waals surface area contributed by atoms with Gasteiger partial charge in [0.05, 0.1) is 33.4 Å². The first kappa shape index (κ1) is 79.2. The second kappa shape index (κ2) is 29.0.